The van der Waals surface area contributed by atoms with Crippen LogP contribution in [0.4, 0.5) is 0 Å². The van der Waals surface area contributed by atoms with Gasteiger partial charge in [0.2, 0.25) is 0 Å². The summed E-state index contributed by atoms with van der Waals surface area (Å²) < 4.78 is 0. The molecule has 0 heterocycles. The Labute approximate surface area is 138 Å². The van der Waals surface area contributed by atoms with E-state index in [0.717, 1.165) is 22.6 Å². The quantitative estimate of drug-likeness (QED) is 0.311. The van der Waals surface area contributed by atoms with Crippen LogP contribution in [-0.4, -0.2) is 22.6 Å². The molecule has 3 rings (SSSR count). The zero-order valence-corrected chi connectivity index (χ0v) is 15.3. The van der Waals surface area contributed by atoms with Gasteiger partial charge >= 0.3 is 0 Å². The van der Waals surface area contributed by atoms with Crippen LogP contribution in [0.1, 0.15) is 77.0 Å². The maximum Gasteiger partial charge on any atom is 0.133 e. The van der Waals surface area contributed by atoms with Crippen molar-refractivity contribution in [3.8, 4) is 0 Å². The molecule has 0 nitrogen and oxygen atoms in total. The van der Waals surface area contributed by atoms with Gasteiger partial charge in [-0.05, 0) is 77.0 Å². The van der Waals surface area contributed by atoms with E-state index in [9.17, 15) is 0 Å². The Hall–Kier alpha value is 1.38. The monoisotopic (exact) mass is 393 g/mol. The molecule has 114 valence electrons. The minimum atomic E-state index is -0.855. The Balaban J connectivity index is 0.00000133. The predicted octanol–water partition coefficient (Wildman–Crippen LogP) is 6.03. The van der Waals surface area contributed by atoms with Gasteiger partial charge in [0.25, 0.3) is 0 Å². The fraction of sp³-hybridized carbons (Fsp3) is 1.00. The van der Waals surface area contributed by atoms with Crippen molar-refractivity contribution in [2.24, 2.45) is 0 Å². The molecule has 3 aliphatic carbocycles. The van der Waals surface area contributed by atoms with Crippen LogP contribution in [0.2, 0.25) is 0 Å². The minimum absolute atomic E-state index is 0. The molecule has 0 amide bonds. The molecule has 0 aliphatic heterocycles. The number of rotatable bonds is 4. The normalized spacial score (nSPS) is 27.0. The Morgan fingerprint density at radius 2 is 0.895 bits per heavy atom. The van der Waals surface area contributed by atoms with Crippen LogP contribution in [-0.2, 0) is 20.4 Å². The second-order valence-corrected chi connectivity index (χ2v) is 12.1. The predicted molar refractivity (Wildman–Crippen MR) is 84.4 cm³/mol. The van der Waals surface area contributed by atoms with Gasteiger partial charge in [0.15, 0.2) is 0 Å². The molecule has 3 heteroatoms. The average molecular weight is 394 g/mol. The molecule has 0 aromatic heterocycles. The number of hydrogen-bond donors (Lipinski definition) is 0. The third kappa shape index (κ3) is 3.11. The van der Waals surface area contributed by atoms with E-state index in [1.807, 2.05) is 0 Å². The van der Waals surface area contributed by atoms with Gasteiger partial charge in [-0.25, -0.2) is 0 Å². The van der Waals surface area contributed by atoms with Crippen molar-refractivity contribution in [1.29, 1.82) is 0 Å². The number of hydrogen-bond acceptors (Lipinski definition) is 0. The smallest absolute Gasteiger partial charge is 0.0821 e. The standard InChI is InChI=1S/C16H29ClP.Pd/c17-13-18(14-7-1-2-8-14,15-9-3-4-10-15)16-11-5-6-12-16;/h14-16H,1-13H2;/q+1;. The topological polar surface area (TPSA) is 0 Å². The van der Waals surface area contributed by atoms with Gasteiger partial charge in [0.05, 0.1) is 17.0 Å². The first-order chi connectivity index (χ1) is 8.88. The number of halogens is 1. The zero-order valence-electron chi connectivity index (χ0n) is 12.1. The van der Waals surface area contributed by atoms with Crippen LogP contribution >= 0.6 is 18.9 Å². The van der Waals surface area contributed by atoms with E-state index in [-0.39, 0.29) is 20.4 Å². The molecular formula is C16H29ClPPd+. The van der Waals surface area contributed by atoms with Crippen molar-refractivity contribution in [2.45, 2.75) is 94.0 Å². The molecule has 0 aromatic rings. The molecule has 0 unspecified atom stereocenters. The minimum Gasteiger partial charge on any atom is -0.0821 e. The Morgan fingerprint density at radius 1 is 0.632 bits per heavy atom. The van der Waals surface area contributed by atoms with E-state index in [4.69, 9.17) is 11.6 Å². The third-order valence-electron chi connectivity index (χ3n) is 6.22. The average Bonchev–Trinajstić information content (AvgIpc) is 3.16. The van der Waals surface area contributed by atoms with E-state index < -0.39 is 7.26 Å². The summed E-state index contributed by atoms with van der Waals surface area (Å²) in [6.45, 7) is 0. The maximum atomic E-state index is 6.71. The summed E-state index contributed by atoms with van der Waals surface area (Å²) in [6.07, 6.45) is 18.2. The van der Waals surface area contributed by atoms with E-state index in [1.165, 1.54) is 77.0 Å². The molecule has 0 bridgehead atoms. The van der Waals surface area contributed by atoms with Crippen LogP contribution in [0.3, 0.4) is 0 Å². The molecule has 3 fully saturated rings. The van der Waals surface area contributed by atoms with Crippen molar-refractivity contribution in [3.05, 3.63) is 0 Å². The first-order valence-electron chi connectivity index (χ1n) is 8.31. The molecule has 0 atom stereocenters. The Bertz CT molecular complexity index is 225. The summed E-state index contributed by atoms with van der Waals surface area (Å²) in [4.78, 5) is 0. The summed E-state index contributed by atoms with van der Waals surface area (Å²) >= 11 is 6.71. The molecule has 19 heavy (non-hydrogen) atoms. The van der Waals surface area contributed by atoms with E-state index in [2.05, 4.69) is 0 Å². The van der Waals surface area contributed by atoms with Gasteiger partial charge in [-0.15, -0.1) is 0 Å². The molecule has 0 aromatic carbocycles. The first-order valence-corrected chi connectivity index (χ1v) is 11.0. The van der Waals surface area contributed by atoms with Gasteiger partial charge in [-0.1, -0.05) is 11.6 Å². The van der Waals surface area contributed by atoms with Crippen LogP contribution < -0.4 is 0 Å². The Kier molecular flexibility index (Phi) is 6.69. The van der Waals surface area contributed by atoms with E-state index in [1.54, 1.807) is 0 Å². The maximum absolute atomic E-state index is 6.71. The summed E-state index contributed by atoms with van der Waals surface area (Å²) in [5.41, 5.74) is 4.33. The molecular weight excluding hydrogens is 365 g/mol. The second kappa shape index (κ2) is 7.59. The van der Waals surface area contributed by atoms with Crippen LogP contribution in [0.25, 0.3) is 0 Å². The van der Waals surface area contributed by atoms with Crippen LogP contribution in [0, 0.1) is 0 Å². The van der Waals surface area contributed by atoms with Gasteiger partial charge in [0, 0.05) is 27.7 Å². The van der Waals surface area contributed by atoms with Crippen LogP contribution in [0.15, 0.2) is 0 Å². The molecule has 0 radical (unpaired) electrons. The van der Waals surface area contributed by atoms with Gasteiger partial charge in [0.1, 0.15) is 5.62 Å². The number of alkyl halides is 1. The van der Waals surface area contributed by atoms with Crippen molar-refractivity contribution >= 4 is 18.9 Å². The van der Waals surface area contributed by atoms with E-state index >= 15 is 0 Å². The Morgan fingerprint density at radius 3 is 1.11 bits per heavy atom. The summed E-state index contributed by atoms with van der Waals surface area (Å²) in [5.74, 6) is 0. The SMILES string of the molecule is ClC[P+](C1CCCC1)(C1CCCC1)C1CCCC1.[Pd]. The molecule has 0 N–H and O–H groups in total. The fourth-order valence-electron chi connectivity index (χ4n) is 5.34. The van der Waals surface area contributed by atoms with Crippen LogP contribution in [0.5, 0.6) is 0 Å². The van der Waals surface area contributed by atoms with E-state index in [0.29, 0.717) is 0 Å². The van der Waals surface area contributed by atoms with Crippen molar-refractivity contribution in [3.63, 3.8) is 0 Å². The van der Waals surface area contributed by atoms with Crippen molar-refractivity contribution in [1.82, 2.24) is 0 Å². The van der Waals surface area contributed by atoms with Crippen molar-refractivity contribution < 1.29 is 20.4 Å². The molecule has 0 saturated heterocycles. The zero-order chi connectivity index (χ0) is 12.4. The fourth-order valence-corrected chi connectivity index (χ4v) is 13.5. The summed E-state index contributed by atoms with van der Waals surface area (Å²) in [7, 11) is -0.855. The largest absolute Gasteiger partial charge is 0.133 e. The second-order valence-electron chi connectivity index (χ2n) is 6.93. The van der Waals surface area contributed by atoms with Gasteiger partial charge in [-0.3, -0.25) is 0 Å². The van der Waals surface area contributed by atoms with Gasteiger partial charge in [-0.2, -0.15) is 0 Å². The van der Waals surface area contributed by atoms with Crippen molar-refractivity contribution in [2.75, 3.05) is 5.62 Å². The first kappa shape index (κ1) is 16.7. The summed E-state index contributed by atoms with van der Waals surface area (Å²) in [5, 5.41) is 0. The molecule has 0 spiro atoms. The third-order valence-corrected chi connectivity index (χ3v) is 13.5. The van der Waals surface area contributed by atoms with Gasteiger partial charge < -0.3 is 0 Å². The molecule has 3 saturated carbocycles. The molecule has 3 aliphatic rings. The summed E-state index contributed by atoms with van der Waals surface area (Å²) in [6, 6.07) is 0.